The third-order valence-electron chi connectivity index (χ3n) is 3.86. The Morgan fingerprint density at radius 3 is 2.71 bits per heavy atom. The summed E-state index contributed by atoms with van der Waals surface area (Å²) in [6, 6.07) is 1.95. The molecule has 0 aliphatic carbocycles. The van der Waals surface area contributed by atoms with Crippen molar-refractivity contribution in [3.63, 3.8) is 0 Å². The van der Waals surface area contributed by atoms with Crippen molar-refractivity contribution in [2.24, 2.45) is 7.05 Å². The van der Waals surface area contributed by atoms with Gasteiger partial charge in [0.15, 0.2) is 0 Å². The average Bonchev–Trinajstić information content (AvgIpc) is 2.87. The van der Waals surface area contributed by atoms with Crippen LogP contribution in [0.4, 0.5) is 0 Å². The molecule has 1 aliphatic heterocycles. The van der Waals surface area contributed by atoms with Gasteiger partial charge in [0.25, 0.3) is 0 Å². The lowest BCUT2D eigenvalue weighted by Crippen LogP contribution is -2.45. The van der Waals surface area contributed by atoms with Gasteiger partial charge in [-0.3, -0.25) is 9.58 Å². The summed E-state index contributed by atoms with van der Waals surface area (Å²) in [5, 5.41) is 4.66. The third-order valence-corrected chi connectivity index (χ3v) is 4.06. The Morgan fingerprint density at radius 1 is 1.19 bits per heavy atom. The maximum atomic E-state index is 6.20. The summed E-state index contributed by atoms with van der Waals surface area (Å²) in [5.41, 5.74) is 1.77. The zero-order valence-electron chi connectivity index (χ0n) is 12.5. The Morgan fingerprint density at radius 2 is 2.00 bits per heavy atom. The van der Waals surface area contributed by atoms with Gasteiger partial charge in [-0.1, -0.05) is 11.6 Å². The number of aromatic nitrogens is 4. The second-order valence-electron chi connectivity index (χ2n) is 5.60. The molecule has 0 radical (unpaired) electrons. The van der Waals surface area contributed by atoms with Crippen molar-refractivity contribution in [1.82, 2.24) is 29.5 Å². The topological polar surface area (TPSA) is 50.1 Å². The molecule has 1 fully saturated rings. The Labute approximate surface area is 129 Å². The Hall–Kier alpha value is -1.50. The first-order valence-electron chi connectivity index (χ1n) is 6.95. The summed E-state index contributed by atoms with van der Waals surface area (Å²) >= 11 is 6.20. The fourth-order valence-corrected chi connectivity index (χ4v) is 2.76. The van der Waals surface area contributed by atoms with Crippen LogP contribution in [0.25, 0.3) is 11.3 Å². The fraction of sp³-hybridized carbons (Fsp3) is 0.500. The highest BCUT2D eigenvalue weighted by atomic mass is 35.5. The van der Waals surface area contributed by atoms with Crippen LogP contribution in [0.2, 0.25) is 5.15 Å². The predicted molar refractivity (Wildman–Crippen MR) is 82.1 cm³/mol. The van der Waals surface area contributed by atoms with Gasteiger partial charge in [-0.05, 0) is 14.1 Å². The molecule has 0 saturated carbocycles. The van der Waals surface area contributed by atoms with Crippen molar-refractivity contribution < 1.29 is 0 Å². The number of aryl methyl sites for hydroxylation is 1. The maximum absolute atomic E-state index is 6.20. The second kappa shape index (κ2) is 5.71. The second-order valence-corrected chi connectivity index (χ2v) is 5.98. The molecule has 1 atom stereocenters. The summed E-state index contributed by atoms with van der Waals surface area (Å²) < 4.78 is 1.76. The lowest BCUT2D eigenvalue weighted by Gasteiger charge is -2.36. The van der Waals surface area contributed by atoms with E-state index in [1.54, 1.807) is 16.9 Å². The quantitative estimate of drug-likeness (QED) is 0.786. The van der Waals surface area contributed by atoms with E-state index < -0.39 is 0 Å². The van der Waals surface area contributed by atoms with Gasteiger partial charge in [-0.2, -0.15) is 5.10 Å². The zero-order chi connectivity index (χ0) is 15.0. The van der Waals surface area contributed by atoms with Crippen molar-refractivity contribution >= 4 is 11.6 Å². The van der Waals surface area contributed by atoms with Gasteiger partial charge in [0, 0.05) is 44.5 Å². The molecule has 0 spiro atoms. The number of likely N-dealkylation sites (N-methyl/N-ethyl adjacent to an activating group) is 2. The van der Waals surface area contributed by atoms with Crippen LogP contribution in [0, 0.1) is 0 Å². The van der Waals surface area contributed by atoms with Gasteiger partial charge in [-0.15, -0.1) is 0 Å². The summed E-state index contributed by atoms with van der Waals surface area (Å²) in [6.45, 7) is 2.96. The van der Waals surface area contributed by atoms with Gasteiger partial charge in [0.05, 0.1) is 17.9 Å². The monoisotopic (exact) mass is 306 g/mol. The van der Waals surface area contributed by atoms with Gasteiger partial charge in [-0.25, -0.2) is 9.97 Å². The first-order chi connectivity index (χ1) is 10.0. The SMILES string of the molecule is CN1CCN(C)C(c2nc(Cl)cc(-c3cnn(C)c3)n2)C1. The van der Waals surface area contributed by atoms with Crippen LogP contribution < -0.4 is 0 Å². The molecule has 3 heterocycles. The number of rotatable bonds is 2. The van der Waals surface area contributed by atoms with Crippen LogP contribution in [0.15, 0.2) is 18.5 Å². The number of piperazine rings is 1. The van der Waals surface area contributed by atoms with Gasteiger partial charge in [0.1, 0.15) is 11.0 Å². The van der Waals surface area contributed by atoms with E-state index in [0.29, 0.717) is 5.15 Å². The fourth-order valence-electron chi connectivity index (χ4n) is 2.57. The van der Waals surface area contributed by atoms with Crippen LogP contribution in [0.3, 0.4) is 0 Å². The summed E-state index contributed by atoms with van der Waals surface area (Å²) in [4.78, 5) is 13.7. The number of nitrogens with zero attached hydrogens (tertiary/aromatic N) is 6. The smallest absolute Gasteiger partial charge is 0.149 e. The highest BCUT2D eigenvalue weighted by Crippen LogP contribution is 2.25. The van der Waals surface area contributed by atoms with E-state index in [2.05, 4.69) is 34.0 Å². The lowest BCUT2D eigenvalue weighted by molar-refractivity contribution is 0.109. The van der Waals surface area contributed by atoms with Crippen LogP contribution in [-0.4, -0.2) is 63.3 Å². The van der Waals surface area contributed by atoms with E-state index in [1.165, 1.54) is 0 Å². The van der Waals surface area contributed by atoms with E-state index in [-0.39, 0.29) is 6.04 Å². The highest BCUT2D eigenvalue weighted by molar-refractivity contribution is 6.29. The van der Waals surface area contributed by atoms with Crippen molar-refractivity contribution in [2.45, 2.75) is 6.04 Å². The molecule has 0 aromatic carbocycles. The summed E-state index contributed by atoms with van der Waals surface area (Å²) in [6.07, 6.45) is 3.72. The molecule has 1 unspecified atom stereocenters. The van der Waals surface area contributed by atoms with Crippen LogP contribution in [0.1, 0.15) is 11.9 Å². The molecule has 21 heavy (non-hydrogen) atoms. The van der Waals surface area contributed by atoms with Crippen molar-refractivity contribution in [2.75, 3.05) is 33.7 Å². The zero-order valence-corrected chi connectivity index (χ0v) is 13.2. The molecular weight excluding hydrogens is 288 g/mol. The Kier molecular flexibility index (Phi) is 3.93. The largest absolute Gasteiger partial charge is 0.303 e. The molecule has 112 valence electrons. The van der Waals surface area contributed by atoms with Crippen LogP contribution in [0.5, 0.6) is 0 Å². The van der Waals surface area contributed by atoms with Gasteiger partial charge >= 0.3 is 0 Å². The van der Waals surface area contributed by atoms with E-state index in [1.807, 2.05) is 13.2 Å². The van der Waals surface area contributed by atoms with Crippen molar-refractivity contribution in [3.05, 3.63) is 29.4 Å². The summed E-state index contributed by atoms with van der Waals surface area (Å²) in [5.74, 6) is 0.774. The maximum Gasteiger partial charge on any atom is 0.149 e. The summed E-state index contributed by atoms with van der Waals surface area (Å²) in [7, 11) is 6.11. The normalized spacial score (nSPS) is 20.9. The predicted octanol–water partition coefficient (Wildman–Crippen LogP) is 1.45. The molecule has 6 nitrogen and oxygen atoms in total. The van der Waals surface area contributed by atoms with E-state index in [9.17, 15) is 0 Å². The number of hydrogen-bond donors (Lipinski definition) is 0. The van der Waals surface area contributed by atoms with E-state index >= 15 is 0 Å². The standard InChI is InChI=1S/C14H19ClN6/c1-19-4-5-20(2)12(9-19)14-17-11(6-13(15)18-14)10-7-16-21(3)8-10/h6-8,12H,4-5,9H2,1-3H3. The lowest BCUT2D eigenvalue weighted by atomic mass is 10.1. The minimum atomic E-state index is 0.165. The molecule has 3 rings (SSSR count). The minimum absolute atomic E-state index is 0.165. The third kappa shape index (κ3) is 3.07. The number of halogens is 1. The molecule has 1 aliphatic rings. The molecule has 2 aromatic rings. The van der Waals surface area contributed by atoms with Crippen molar-refractivity contribution in [3.8, 4) is 11.3 Å². The molecule has 0 amide bonds. The molecule has 0 bridgehead atoms. The Balaban J connectivity index is 1.97. The molecule has 7 heteroatoms. The van der Waals surface area contributed by atoms with E-state index in [4.69, 9.17) is 16.6 Å². The Bertz CT molecular complexity index is 640. The van der Waals surface area contributed by atoms with Crippen LogP contribution >= 0.6 is 11.6 Å². The molecular formula is C14H19ClN6. The molecule has 1 saturated heterocycles. The van der Waals surface area contributed by atoms with Crippen molar-refractivity contribution in [1.29, 1.82) is 0 Å². The average molecular weight is 307 g/mol. The van der Waals surface area contributed by atoms with Crippen LogP contribution in [-0.2, 0) is 7.05 Å². The first-order valence-corrected chi connectivity index (χ1v) is 7.33. The first kappa shape index (κ1) is 14.4. The highest BCUT2D eigenvalue weighted by Gasteiger charge is 2.26. The minimum Gasteiger partial charge on any atom is -0.303 e. The van der Waals surface area contributed by atoms with Gasteiger partial charge in [0.2, 0.25) is 0 Å². The van der Waals surface area contributed by atoms with E-state index in [0.717, 1.165) is 36.7 Å². The molecule has 2 aromatic heterocycles. The molecule has 0 N–H and O–H groups in total. The number of hydrogen-bond acceptors (Lipinski definition) is 5. The van der Waals surface area contributed by atoms with Gasteiger partial charge < -0.3 is 4.90 Å².